The van der Waals surface area contributed by atoms with Gasteiger partial charge in [-0.15, -0.1) is 17.5 Å². The Morgan fingerprint density at radius 3 is 2.24 bits per heavy atom. The summed E-state index contributed by atoms with van der Waals surface area (Å²) >= 11 is 0. The molecule has 17 heavy (non-hydrogen) atoms. The fourth-order valence-electron chi connectivity index (χ4n) is 1.35. The zero-order chi connectivity index (χ0) is 12.3. The maximum absolute atomic E-state index is 9.50. The van der Waals surface area contributed by atoms with Gasteiger partial charge < -0.3 is 36.6 Å². The average Bonchev–Trinajstić information content (AvgIpc) is 2.25. The third kappa shape index (κ3) is 3.84. The van der Waals surface area contributed by atoms with Crippen molar-refractivity contribution in [3.8, 4) is 0 Å². The molecule has 5 atom stereocenters. The number of aliphatic hydroxyl groups excluding tert-OH is 4. The van der Waals surface area contributed by atoms with Gasteiger partial charge in [-0.3, -0.25) is 5.43 Å². The van der Waals surface area contributed by atoms with E-state index < -0.39 is 37.3 Å². The van der Waals surface area contributed by atoms with Gasteiger partial charge in [-0.25, -0.2) is 0 Å². The highest BCUT2D eigenvalue weighted by Crippen LogP contribution is 2.19. The van der Waals surface area contributed by atoms with Crippen molar-refractivity contribution in [3.05, 3.63) is 0 Å². The first-order chi connectivity index (χ1) is 7.47. The van der Waals surface area contributed by atoms with Gasteiger partial charge in [0.2, 0.25) is 5.96 Å². The van der Waals surface area contributed by atoms with Gasteiger partial charge in [-0.05, 0) is 0 Å². The summed E-state index contributed by atoms with van der Waals surface area (Å²) in [4.78, 5) is 0. The van der Waals surface area contributed by atoms with Crippen molar-refractivity contribution in [2.24, 2.45) is 16.6 Å². The van der Waals surface area contributed by atoms with Crippen molar-refractivity contribution >= 4 is 18.4 Å². The number of halogens is 1. The first kappa shape index (κ1) is 16.2. The molecule has 1 saturated heterocycles. The second kappa shape index (κ2) is 6.79. The van der Waals surface area contributed by atoms with E-state index in [9.17, 15) is 15.3 Å². The van der Waals surface area contributed by atoms with Gasteiger partial charge >= 0.3 is 0 Å². The normalized spacial score (nSPS) is 36.8. The number of aliphatic hydroxyl groups is 4. The molecule has 1 aliphatic heterocycles. The van der Waals surface area contributed by atoms with Gasteiger partial charge in [0.15, 0.2) is 6.23 Å². The maximum atomic E-state index is 9.50. The SMILES string of the molecule is Cl.NC(N)=NN[C@@H]1O[C@H](CO)[C@H](O)[C@H](O)[C@H]1O. The molecule has 0 bridgehead atoms. The van der Waals surface area contributed by atoms with E-state index in [0.717, 1.165) is 0 Å². The predicted octanol–water partition coefficient (Wildman–Crippen LogP) is -4.01. The van der Waals surface area contributed by atoms with Gasteiger partial charge in [-0.1, -0.05) is 0 Å². The smallest absolute Gasteiger partial charge is 0.208 e. The van der Waals surface area contributed by atoms with E-state index in [-0.39, 0.29) is 18.4 Å². The van der Waals surface area contributed by atoms with Gasteiger partial charge in [0.1, 0.15) is 24.4 Å². The number of hydrazone groups is 1. The highest BCUT2D eigenvalue weighted by molar-refractivity contribution is 5.85. The van der Waals surface area contributed by atoms with Crippen LogP contribution in [-0.2, 0) is 4.74 Å². The number of hydrogen-bond donors (Lipinski definition) is 7. The van der Waals surface area contributed by atoms with Crippen molar-refractivity contribution in [2.45, 2.75) is 30.6 Å². The first-order valence-electron chi connectivity index (χ1n) is 4.62. The summed E-state index contributed by atoms with van der Waals surface area (Å²) in [6, 6.07) is 0. The molecule has 1 rings (SSSR count). The van der Waals surface area contributed by atoms with Crippen molar-refractivity contribution in [2.75, 3.05) is 6.61 Å². The molecule has 0 unspecified atom stereocenters. The molecular weight excluding hydrogens is 256 g/mol. The average molecular weight is 273 g/mol. The van der Waals surface area contributed by atoms with Gasteiger partial charge in [0.05, 0.1) is 6.61 Å². The predicted molar refractivity (Wildman–Crippen MR) is 60.0 cm³/mol. The van der Waals surface area contributed by atoms with Crippen LogP contribution >= 0.6 is 12.4 Å². The van der Waals surface area contributed by atoms with Gasteiger partial charge in [0, 0.05) is 0 Å². The summed E-state index contributed by atoms with van der Waals surface area (Å²) in [6.07, 6.45) is -6.39. The van der Waals surface area contributed by atoms with Crippen LogP contribution in [0.25, 0.3) is 0 Å². The minimum atomic E-state index is -1.46. The molecule has 1 aliphatic rings. The molecule has 0 amide bonds. The van der Waals surface area contributed by atoms with Gasteiger partial charge in [-0.2, -0.15) is 0 Å². The van der Waals surface area contributed by atoms with Crippen LogP contribution in [0.5, 0.6) is 0 Å². The van der Waals surface area contributed by atoms with Crippen LogP contribution in [0, 0.1) is 0 Å². The fraction of sp³-hybridized carbons (Fsp3) is 0.857. The lowest BCUT2D eigenvalue weighted by Gasteiger charge is -2.39. The fourth-order valence-corrected chi connectivity index (χ4v) is 1.35. The highest BCUT2D eigenvalue weighted by Gasteiger charge is 2.43. The van der Waals surface area contributed by atoms with Crippen LogP contribution in [0.3, 0.4) is 0 Å². The van der Waals surface area contributed by atoms with E-state index in [0.29, 0.717) is 0 Å². The first-order valence-corrected chi connectivity index (χ1v) is 4.62. The molecule has 0 aromatic rings. The number of hydrogen-bond acceptors (Lipinski definition) is 7. The number of rotatable bonds is 3. The summed E-state index contributed by atoms with van der Waals surface area (Å²) < 4.78 is 5.04. The van der Waals surface area contributed by atoms with Crippen LogP contribution in [0.4, 0.5) is 0 Å². The number of nitrogens with two attached hydrogens (primary N) is 2. The Bertz CT molecular complexity index is 263. The molecule has 9 nitrogen and oxygen atoms in total. The molecule has 0 aromatic heterocycles. The van der Waals surface area contributed by atoms with Crippen molar-refractivity contribution in [3.63, 3.8) is 0 Å². The Morgan fingerprint density at radius 1 is 1.18 bits per heavy atom. The van der Waals surface area contributed by atoms with E-state index in [1.165, 1.54) is 0 Å². The molecule has 9 N–H and O–H groups in total. The quantitative estimate of drug-likeness (QED) is 0.155. The van der Waals surface area contributed by atoms with Crippen LogP contribution < -0.4 is 16.9 Å². The standard InChI is InChI=1S/C7H16N4O5.ClH/c8-7(9)11-10-6-5(15)4(14)3(13)2(1-12)16-6;/h2-6,10,12-15H,1H2,(H4,8,9,11);1H/t2-,3+,4+,5-,6-;/m1./s1. The summed E-state index contributed by atoms with van der Waals surface area (Å²) in [5, 5.41) is 40.6. The summed E-state index contributed by atoms with van der Waals surface area (Å²) in [6.45, 7) is -0.509. The molecule has 0 saturated carbocycles. The van der Waals surface area contributed by atoms with E-state index in [1.807, 2.05) is 0 Å². The van der Waals surface area contributed by atoms with E-state index in [4.69, 9.17) is 21.3 Å². The van der Waals surface area contributed by atoms with Gasteiger partial charge in [0.25, 0.3) is 0 Å². The van der Waals surface area contributed by atoms with Crippen molar-refractivity contribution in [1.82, 2.24) is 5.43 Å². The molecule has 0 aliphatic carbocycles. The maximum Gasteiger partial charge on any atom is 0.208 e. The van der Waals surface area contributed by atoms with E-state index >= 15 is 0 Å². The Hall–Kier alpha value is -0.840. The number of nitrogens with zero attached hydrogens (tertiary/aromatic N) is 1. The van der Waals surface area contributed by atoms with Crippen molar-refractivity contribution in [1.29, 1.82) is 0 Å². The Labute approximate surface area is 103 Å². The highest BCUT2D eigenvalue weighted by atomic mass is 35.5. The molecule has 10 heteroatoms. The van der Waals surface area contributed by atoms with Crippen LogP contribution in [-0.4, -0.2) is 63.6 Å². The number of nitrogens with one attached hydrogen (secondary N) is 1. The second-order valence-corrected chi connectivity index (χ2v) is 3.42. The minimum Gasteiger partial charge on any atom is -0.394 e. The molecule has 1 fully saturated rings. The van der Waals surface area contributed by atoms with E-state index in [2.05, 4.69) is 10.5 Å². The lowest BCUT2D eigenvalue weighted by molar-refractivity contribution is -0.236. The van der Waals surface area contributed by atoms with Crippen LogP contribution in [0.15, 0.2) is 5.10 Å². The zero-order valence-electron chi connectivity index (χ0n) is 8.80. The zero-order valence-corrected chi connectivity index (χ0v) is 9.62. The van der Waals surface area contributed by atoms with E-state index in [1.54, 1.807) is 0 Å². The largest absolute Gasteiger partial charge is 0.394 e. The lowest BCUT2D eigenvalue weighted by Crippen LogP contribution is -2.61. The monoisotopic (exact) mass is 272 g/mol. The minimum absolute atomic E-state index is 0. The Morgan fingerprint density at radius 2 is 1.76 bits per heavy atom. The second-order valence-electron chi connectivity index (χ2n) is 3.42. The molecule has 0 aromatic carbocycles. The van der Waals surface area contributed by atoms with Crippen LogP contribution in [0.1, 0.15) is 0 Å². The summed E-state index contributed by atoms with van der Waals surface area (Å²) in [5.41, 5.74) is 12.4. The molecule has 102 valence electrons. The summed E-state index contributed by atoms with van der Waals surface area (Å²) in [7, 11) is 0. The molecular formula is C7H17ClN4O5. The third-order valence-corrected chi connectivity index (χ3v) is 2.21. The number of guanidine groups is 1. The number of ether oxygens (including phenoxy) is 1. The molecule has 0 spiro atoms. The third-order valence-electron chi connectivity index (χ3n) is 2.21. The topological polar surface area (TPSA) is 167 Å². The molecule has 0 radical (unpaired) electrons. The molecule has 1 heterocycles. The Balaban J connectivity index is 0.00000256. The Kier molecular flexibility index (Phi) is 6.45. The summed E-state index contributed by atoms with van der Waals surface area (Å²) in [5.74, 6) is -0.281. The lowest BCUT2D eigenvalue weighted by atomic mass is 9.99. The van der Waals surface area contributed by atoms with Crippen LogP contribution in [0.2, 0.25) is 0 Å². The van der Waals surface area contributed by atoms with Crippen molar-refractivity contribution < 1.29 is 25.2 Å².